The number of nitrogens with one attached hydrogen (secondary N) is 1. The van der Waals surface area contributed by atoms with E-state index in [4.69, 9.17) is 9.47 Å². The Morgan fingerprint density at radius 3 is 2.35 bits per heavy atom. The van der Waals surface area contributed by atoms with Crippen molar-refractivity contribution in [2.24, 2.45) is 0 Å². The molecule has 1 saturated carbocycles. The van der Waals surface area contributed by atoms with E-state index in [1.165, 1.54) is 0 Å². The average Bonchev–Trinajstić information content (AvgIpc) is 2.43. The van der Waals surface area contributed by atoms with Crippen molar-refractivity contribution in [3.05, 3.63) is 29.8 Å². The second kappa shape index (κ2) is 5.57. The van der Waals surface area contributed by atoms with Crippen LogP contribution < -0.4 is 14.8 Å². The number of carbonyl (C=O) groups excluding carboxylic acids is 1. The number of ether oxygens (including phenoxy) is 2. The molecule has 108 valence electrons. The maximum atomic E-state index is 12.4. The molecule has 0 radical (unpaired) electrons. The molecular formula is C16H21NO3. The number of carbonyl (C=O) groups is 1. The molecule has 1 aliphatic carbocycles. The highest BCUT2D eigenvalue weighted by atomic mass is 16.5. The van der Waals surface area contributed by atoms with Gasteiger partial charge in [0.1, 0.15) is 0 Å². The summed E-state index contributed by atoms with van der Waals surface area (Å²) in [6.45, 7) is 5.83. The van der Waals surface area contributed by atoms with E-state index in [-0.39, 0.29) is 11.4 Å². The Morgan fingerprint density at radius 2 is 1.90 bits per heavy atom. The Kier molecular flexibility index (Phi) is 4.02. The van der Waals surface area contributed by atoms with Crippen molar-refractivity contribution in [1.29, 1.82) is 0 Å². The highest BCUT2D eigenvalue weighted by molar-refractivity contribution is 5.99. The molecule has 0 unspecified atom stereocenters. The first-order valence-corrected chi connectivity index (χ1v) is 6.74. The van der Waals surface area contributed by atoms with E-state index in [0.717, 1.165) is 24.8 Å². The Morgan fingerprint density at radius 1 is 1.30 bits per heavy atom. The third-order valence-corrected chi connectivity index (χ3v) is 3.89. The zero-order valence-electron chi connectivity index (χ0n) is 12.3. The summed E-state index contributed by atoms with van der Waals surface area (Å²) in [5, 5.41) is 3.09. The standard InChI is InChI=1S/C16H21NO3/c1-5-11-9-13(19-3)14(20-4)10-12(11)15(18)17-16(2)7-6-8-16/h5,9-10H,1,6-8H2,2-4H3,(H,17,18). The van der Waals surface area contributed by atoms with E-state index in [1.54, 1.807) is 32.4 Å². The highest BCUT2D eigenvalue weighted by Gasteiger charge is 2.33. The third kappa shape index (κ3) is 2.64. The molecule has 0 aromatic heterocycles. The Bertz CT molecular complexity index is 533. The normalized spacial score (nSPS) is 15.9. The van der Waals surface area contributed by atoms with E-state index < -0.39 is 0 Å². The maximum absolute atomic E-state index is 12.4. The van der Waals surface area contributed by atoms with Crippen LogP contribution in [-0.4, -0.2) is 25.7 Å². The second-order valence-corrected chi connectivity index (χ2v) is 5.37. The van der Waals surface area contributed by atoms with Gasteiger partial charge < -0.3 is 14.8 Å². The van der Waals surface area contributed by atoms with Crippen LogP contribution in [0.3, 0.4) is 0 Å². The molecule has 0 atom stereocenters. The molecular weight excluding hydrogens is 254 g/mol. The van der Waals surface area contributed by atoms with Crippen molar-refractivity contribution in [3.8, 4) is 11.5 Å². The Hall–Kier alpha value is -1.97. The molecule has 1 aliphatic rings. The van der Waals surface area contributed by atoms with Crippen LogP contribution in [0.25, 0.3) is 6.08 Å². The number of benzene rings is 1. The fourth-order valence-corrected chi connectivity index (χ4v) is 2.43. The SMILES string of the molecule is C=Cc1cc(OC)c(OC)cc1C(=O)NC1(C)CCC1. The van der Waals surface area contributed by atoms with Gasteiger partial charge in [-0.3, -0.25) is 4.79 Å². The van der Waals surface area contributed by atoms with Gasteiger partial charge in [0.05, 0.1) is 19.8 Å². The molecule has 0 spiro atoms. The minimum Gasteiger partial charge on any atom is -0.493 e. The van der Waals surface area contributed by atoms with Crippen LogP contribution in [-0.2, 0) is 0 Å². The minimum atomic E-state index is -0.0944. The fraction of sp³-hybridized carbons (Fsp3) is 0.438. The van der Waals surface area contributed by atoms with Gasteiger partial charge in [-0.1, -0.05) is 12.7 Å². The molecule has 1 aromatic rings. The van der Waals surface area contributed by atoms with Gasteiger partial charge in [0.15, 0.2) is 11.5 Å². The first-order valence-electron chi connectivity index (χ1n) is 6.74. The predicted octanol–water partition coefficient (Wildman–Crippen LogP) is 3.02. The first kappa shape index (κ1) is 14.4. The molecule has 0 bridgehead atoms. The molecule has 1 N–H and O–H groups in total. The zero-order chi connectivity index (χ0) is 14.8. The largest absolute Gasteiger partial charge is 0.493 e. The lowest BCUT2D eigenvalue weighted by molar-refractivity contribution is 0.0850. The molecule has 1 aromatic carbocycles. The summed E-state index contributed by atoms with van der Waals surface area (Å²) in [6, 6.07) is 3.47. The third-order valence-electron chi connectivity index (χ3n) is 3.89. The van der Waals surface area contributed by atoms with Crippen LogP contribution >= 0.6 is 0 Å². The van der Waals surface area contributed by atoms with Gasteiger partial charge in [0.2, 0.25) is 0 Å². The van der Waals surface area contributed by atoms with Crippen LogP contribution in [0.15, 0.2) is 18.7 Å². The molecule has 0 aliphatic heterocycles. The molecule has 0 saturated heterocycles. The smallest absolute Gasteiger partial charge is 0.252 e. The molecule has 1 fully saturated rings. The van der Waals surface area contributed by atoms with Crippen LogP contribution in [0.4, 0.5) is 0 Å². The van der Waals surface area contributed by atoms with Crippen LogP contribution in [0.5, 0.6) is 11.5 Å². The summed E-state index contributed by atoms with van der Waals surface area (Å²) < 4.78 is 10.5. The summed E-state index contributed by atoms with van der Waals surface area (Å²) >= 11 is 0. The summed E-state index contributed by atoms with van der Waals surface area (Å²) in [5.74, 6) is 1.04. The summed E-state index contributed by atoms with van der Waals surface area (Å²) in [7, 11) is 3.13. The average molecular weight is 275 g/mol. The molecule has 20 heavy (non-hydrogen) atoms. The number of hydrogen-bond donors (Lipinski definition) is 1. The monoisotopic (exact) mass is 275 g/mol. The summed E-state index contributed by atoms with van der Waals surface area (Å²) in [6.07, 6.45) is 4.86. The zero-order valence-corrected chi connectivity index (χ0v) is 12.3. The van der Waals surface area contributed by atoms with Crippen LogP contribution in [0.1, 0.15) is 42.1 Å². The van der Waals surface area contributed by atoms with Gasteiger partial charge in [-0.15, -0.1) is 0 Å². The van der Waals surface area contributed by atoms with E-state index in [2.05, 4.69) is 18.8 Å². The number of methoxy groups -OCH3 is 2. The Balaban J connectivity index is 2.33. The number of hydrogen-bond acceptors (Lipinski definition) is 3. The van der Waals surface area contributed by atoms with Crippen molar-refractivity contribution in [1.82, 2.24) is 5.32 Å². The lowest BCUT2D eigenvalue weighted by Crippen LogP contribution is -2.51. The van der Waals surface area contributed by atoms with Crippen LogP contribution in [0.2, 0.25) is 0 Å². The quantitative estimate of drug-likeness (QED) is 0.898. The molecule has 4 heteroatoms. The number of rotatable bonds is 5. The van der Waals surface area contributed by atoms with E-state index in [9.17, 15) is 4.79 Å². The van der Waals surface area contributed by atoms with Gasteiger partial charge in [-0.2, -0.15) is 0 Å². The van der Waals surface area contributed by atoms with E-state index in [1.807, 2.05) is 0 Å². The van der Waals surface area contributed by atoms with Crippen molar-refractivity contribution in [2.45, 2.75) is 31.7 Å². The predicted molar refractivity (Wildman–Crippen MR) is 79.4 cm³/mol. The van der Waals surface area contributed by atoms with Gasteiger partial charge >= 0.3 is 0 Å². The van der Waals surface area contributed by atoms with Crippen molar-refractivity contribution < 1.29 is 14.3 Å². The van der Waals surface area contributed by atoms with E-state index >= 15 is 0 Å². The summed E-state index contributed by atoms with van der Waals surface area (Å²) in [4.78, 5) is 12.4. The van der Waals surface area contributed by atoms with Crippen molar-refractivity contribution in [2.75, 3.05) is 14.2 Å². The molecule has 4 nitrogen and oxygen atoms in total. The lowest BCUT2D eigenvalue weighted by Gasteiger charge is -2.39. The van der Waals surface area contributed by atoms with Crippen molar-refractivity contribution in [3.63, 3.8) is 0 Å². The minimum absolute atomic E-state index is 0.0807. The van der Waals surface area contributed by atoms with Gasteiger partial charge in [0.25, 0.3) is 5.91 Å². The van der Waals surface area contributed by atoms with E-state index in [0.29, 0.717) is 17.1 Å². The summed E-state index contributed by atoms with van der Waals surface area (Å²) in [5.41, 5.74) is 1.22. The second-order valence-electron chi connectivity index (χ2n) is 5.37. The van der Waals surface area contributed by atoms with Gasteiger partial charge in [0, 0.05) is 5.54 Å². The maximum Gasteiger partial charge on any atom is 0.252 e. The molecule has 2 rings (SSSR count). The highest BCUT2D eigenvalue weighted by Crippen LogP contribution is 2.34. The Labute approximate surface area is 119 Å². The first-order chi connectivity index (χ1) is 9.53. The number of amides is 1. The fourth-order valence-electron chi connectivity index (χ4n) is 2.43. The van der Waals surface area contributed by atoms with Gasteiger partial charge in [-0.05, 0) is 43.9 Å². The van der Waals surface area contributed by atoms with Crippen LogP contribution in [0, 0.1) is 0 Å². The topological polar surface area (TPSA) is 47.6 Å². The molecule has 0 heterocycles. The lowest BCUT2D eigenvalue weighted by atomic mass is 9.78. The van der Waals surface area contributed by atoms with Gasteiger partial charge in [-0.25, -0.2) is 0 Å². The van der Waals surface area contributed by atoms with Crippen molar-refractivity contribution >= 4 is 12.0 Å². The molecule has 1 amide bonds.